The lowest BCUT2D eigenvalue weighted by atomic mass is 10.1. The largest absolute Gasteiger partial charge is 0.543 e. The van der Waals surface area contributed by atoms with Crippen LogP contribution in [0.5, 0.6) is 5.75 Å². The van der Waals surface area contributed by atoms with E-state index in [1.165, 1.54) is 4.88 Å². The Labute approximate surface area is 120 Å². The van der Waals surface area contributed by atoms with E-state index in [0.29, 0.717) is 0 Å². The molecule has 100 valence electrons. The van der Waals surface area contributed by atoms with Crippen LogP contribution >= 0.6 is 11.3 Å². The molecule has 1 heterocycles. The van der Waals surface area contributed by atoms with E-state index < -0.39 is 9.04 Å². The number of rotatable bonds is 5. The van der Waals surface area contributed by atoms with Crippen molar-refractivity contribution < 1.29 is 4.43 Å². The van der Waals surface area contributed by atoms with Crippen LogP contribution in [0.25, 0.3) is 6.08 Å². The maximum atomic E-state index is 6.08. The standard InChI is InChI=1S/C15H19NOSSi/c1-12(16)14-7-3-4-8-15(14)17-19(2)11-9-13-6-5-10-18-13/h3-12,19H,16H2,1-2H3/b11-9+. The van der Waals surface area contributed by atoms with Gasteiger partial charge >= 0.3 is 0 Å². The summed E-state index contributed by atoms with van der Waals surface area (Å²) in [5.41, 5.74) is 9.23. The van der Waals surface area contributed by atoms with Gasteiger partial charge in [-0.2, -0.15) is 0 Å². The molecule has 0 bridgehead atoms. The van der Waals surface area contributed by atoms with Crippen LogP contribution in [0.1, 0.15) is 23.4 Å². The van der Waals surface area contributed by atoms with E-state index in [1.807, 2.05) is 31.2 Å². The monoisotopic (exact) mass is 289 g/mol. The molecule has 0 spiro atoms. The predicted molar refractivity (Wildman–Crippen MR) is 86.0 cm³/mol. The number of hydrogen-bond acceptors (Lipinski definition) is 3. The van der Waals surface area contributed by atoms with Gasteiger partial charge in [-0.05, 0) is 37.1 Å². The summed E-state index contributed by atoms with van der Waals surface area (Å²) in [6.45, 7) is 4.15. The molecule has 0 saturated heterocycles. The number of thiophene rings is 1. The molecule has 2 N–H and O–H groups in total. The Morgan fingerprint density at radius 3 is 2.74 bits per heavy atom. The summed E-state index contributed by atoms with van der Waals surface area (Å²) in [5, 5.41) is 2.08. The lowest BCUT2D eigenvalue weighted by Crippen LogP contribution is -2.17. The number of hydrogen-bond donors (Lipinski definition) is 1. The van der Waals surface area contributed by atoms with Crippen LogP contribution in [-0.4, -0.2) is 9.04 Å². The summed E-state index contributed by atoms with van der Waals surface area (Å²) in [6.07, 6.45) is 2.15. The highest BCUT2D eigenvalue weighted by molar-refractivity contribution is 7.10. The molecule has 0 fully saturated rings. The molecule has 2 rings (SSSR count). The molecule has 1 aromatic carbocycles. The van der Waals surface area contributed by atoms with Crippen LogP contribution in [0.15, 0.2) is 47.5 Å². The van der Waals surface area contributed by atoms with E-state index in [-0.39, 0.29) is 6.04 Å². The second-order valence-corrected chi connectivity index (χ2v) is 7.53. The normalized spacial score (nSPS) is 14.5. The predicted octanol–water partition coefficient (Wildman–Crippen LogP) is 3.75. The van der Waals surface area contributed by atoms with Crippen LogP contribution in [0.3, 0.4) is 0 Å². The zero-order valence-electron chi connectivity index (χ0n) is 11.2. The van der Waals surface area contributed by atoms with Crippen molar-refractivity contribution >= 4 is 26.5 Å². The lowest BCUT2D eigenvalue weighted by molar-refractivity contribution is 0.567. The minimum atomic E-state index is -1.37. The Hall–Kier alpha value is -1.36. The minimum Gasteiger partial charge on any atom is -0.543 e. The van der Waals surface area contributed by atoms with Gasteiger partial charge in [0.1, 0.15) is 5.75 Å². The summed E-state index contributed by atoms with van der Waals surface area (Å²) >= 11 is 1.74. The van der Waals surface area contributed by atoms with Crippen molar-refractivity contribution in [2.75, 3.05) is 0 Å². The lowest BCUT2D eigenvalue weighted by Gasteiger charge is -2.16. The third-order valence-corrected chi connectivity index (χ3v) is 4.99. The third-order valence-electron chi connectivity index (χ3n) is 2.80. The molecular weight excluding hydrogens is 270 g/mol. The summed E-state index contributed by atoms with van der Waals surface area (Å²) in [5.74, 6) is 0.924. The summed E-state index contributed by atoms with van der Waals surface area (Å²) in [7, 11) is -1.37. The second-order valence-electron chi connectivity index (χ2n) is 4.52. The van der Waals surface area contributed by atoms with Crippen LogP contribution < -0.4 is 10.2 Å². The molecule has 0 aliphatic rings. The maximum Gasteiger partial charge on any atom is 0.257 e. The Morgan fingerprint density at radius 1 is 1.26 bits per heavy atom. The summed E-state index contributed by atoms with van der Waals surface area (Å²) in [6, 6.07) is 12.2. The second kappa shape index (κ2) is 6.70. The summed E-state index contributed by atoms with van der Waals surface area (Å²) in [4.78, 5) is 1.27. The Morgan fingerprint density at radius 2 is 2.05 bits per heavy atom. The van der Waals surface area contributed by atoms with Gasteiger partial charge in [0, 0.05) is 16.5 Å². The van der Waals surface area contributed by atoms with Gasteiger partial charge in [0.25, 0.3) is 9.04 Å². The van der Waals surface area contributed by atoms with Crippen molar-refractivity contribution in [3.63, 3.8) is 0 Å². The molecule has 2 aromatic rings. The van der Waals surface area contributed by atoms with E-state index in [0.717, 1.165) is 11.3 Å². The van der Waals surface area contributed by atoms with E-state index in [4.69, 9.17) is 10.2 Å². The quantitative estimate of drug-likeness (QED) is 0.851. The van der Waals surface area contributed by atoms with Crippen molar-refractivity contribution in [1.29, 1.82) is 0 Å². The highest BCUT2D eigenvalue weighted by Crippen LogP contribution is 2.24. The van der Waals surface area contributed by atoms with Gasteiger partial charge in [0.2, 0.25) is 0 Å². The van der Waals surface area contributed by atoms with Crippen molar-refractivity contribution in [2.24, 2.45) is 5.73 Å². The van der Waals surface area contributed by atoms with Crippen molar-refractivity contribution in [3.05, 3.63) is 57.9 Å². The molecule has 0 aliphatic carbocycles. The maximum absolute atomic E-state index is 6.08. The van der Waals surface area contributed by atoms with Crippen LogP contribution in [0.4, 0.5) is 0 Å². The molecule has 2 nitrogen and oxygen atoms in total. The molecule has 0 saturated carbocycles. The summed E-state index contributed by atoms with van der Waals surface area (Å²) < 4.78 is 6.08. The molecule has 0 amide bonds. The fraction of sp³-hybridized carbons (Fsp3) is 0.200. The average molecular weight is 289 g/mol. The highest BCUT2D eigenvalue weighted by Gasteiger charge is 2.09. The van der Waals surface area contributed by atoms with Gasteiger partial charge in [-0.25, -0.2) is 0 Å². The topological polar surface area (TPSA) is 35.2 Å². The Kier molecular flexibility index (Phi) is 4.96. The molecule has 0 aliphatic heterocycles. The fourth-order valence-corrected chi connectivity index (χ4v) is 3.76. The first-order chi connectivity index (χ1) is 9.16. The third kappa shape index (κ3) is 4.06. The van der Waals surface area contributed by atoms with Gasteiger partial charge in [0.05, 0.1) is 0 Å². The van der Waals surface area contributed by atoms with E-state index in [2.05, 4.69) is 35.8 Å². The van der Waals surface area contributed by atoms with Gasteiger partial charge in [-0.3, -0.25) is 0 Å². The van der Waals surface area contributed by atoms with E-state index in [9.17, 15) is 0 Å². The van der Waals surface area contributed by atoms with E-state index in [1.54, 1.807) is 11.3 Å². The molecule has 2 atom stereocenters. The van der Waals surface area contributed by atoms with Crippen LogP contribution in [0.2, 0.25) is 6.55 Å². The van der Waals surface area contributed by atoms with Crippen molar-refractivity contribution in [1.82, 2.24) is 0 Å². The number of benzene rings is 1. The minimum absolute atomic E-state index is 0.00123. The number of para-hydroxylation sites is 1. The Balaban J connectivity index is 2.05. The fourth-order valence-electron chi connectivity index (χ4n) is 1.82. The van der Waals surface area contributed by atoms with E-state index >= 15 is 0 Å². The molecule has 1 aromatic heterocycles. The van der Waals surface area contributed by atoms with Crippen molar-refractivity contribution in [2.45, 2.75) is 19.5 Å². The van der Waals surface area contributed by atoms with Gasteiger partial charge in [0.15, 0.2) is 0 Å². The highest BCUT2D eigenvalue weighted by atomic mass is 32.1. The Bertz CT molecular complexity index is 537. The molecule has 4 heteroatoms. The van der Waals surface area contributed by atoms with Crippen LogP contribution in [0, 0.1) is 0 Å². The zero-order valence-corrected chi connectivity index (χ0v) is 13.2. The smallest absolute Gasteiger partial charge is 0.257 e. The molecule has 19 heavy (non-hydrogen) atoms. The number of nitrogens with two attached hydrogens (primary N) is 1. The molecular formula is C15H19NOSSi. The van der Waals surface area contributed by atoms with Crippen molar-refractivity contribution in [3.8, 4) is 5.75 Å². The SMILES string of the molecule is CC(N)c1ccccc1O[SiH](C)/C=C/c1cccs1. The first-order valence-corrected chi connectivity index (χ1v) is 9.57. The molecule has 2 unspecified atom stereocenters. The first-order valence-electron chi connectivity index (χ1n) is 6.39. The van der Waals surface area contributed by atoms with Gasteiger partial charge < -0.3 is 10.2 Å². The van der Waals surface area contributed by atoms with Gasteiger partial charge in [-0.1, -0.05) is 30.0 Å². The average Bonchev–Trinajstić information content (AvgIpc) is 2.90. The zero-order chi connectivity index (χ0) is 13.7. The van der Waals surface area contributed by atoms with Gasteiger partial charge in [-0.15, -0.1) is 11.3 Å². The molecule has 0 radical (unpaired) electrons. The van der Waals surface area contributed by atoms with Crippen LogP contribution in [-0.2, 0) is 0 Å². The first kappa shape index (κ1) is 14.1.